The van der Waals surface area contributed by atoms with Crippen molar-refractivity contribution in [3.63, 3.8) is 0 Å². The summed E-state index contributed by atoms with van der Waals surface area (Å²) in [5.41, 5.74) is -1.00. The number of benzene rings is 2. The Morgan fingerprint density at radius 2 is 1.68 bits per heavy atom. The number of rotatable bonds is 7. The molecule has 2 saturated heterocycles. The number of aromatic hydroxyl groups is 1. The Kier molecular flexibility index (Phi) is 5.99. The molecule has 4 rings (SSSR count). The number of aliphatic carboxylic acids is 1. The van der Waals surface area contributed by atoms with Gasteiger partial charge in [0.05, 0.1) is 31.7 Å². The van der Waals surface area contributed by atoms with Crippen LogP contribution in [0.2, 0.25) is 0 Å². The van der Waals surface area contributed by atoms with E-state index in [2.05, 4.69) is 5.32 Å². The maximum Gasteiger partial charge on any atom is 0.324 e. The first-order chi connectivity index (χ1) is 16.1. The third-order valence-corrected chi connectivity index (χ3v) is 6.67. The highest BCUT2D eigenvalue weighted by atomic mass is 16.5. The number of phenolic OH excluding ortho intramolecular Hbond substituents is 1. The predicted molar refractivity (Wildman–Crippen MR) is 123 cm³/mol. The molecule has 2 amide bonds. The molecule has 0 aromatic heterocycles. The number of amides is 2. The number of carboxylic acid groups (broad SMARTS) is 1. The van der Waals surface area contributed by atoms with Crippen LogP contribution in [-0.4, -0.2) is 47.8 Å². The molecule has 180 valence electrons. The Hall–Kier alpha value is -3.59. The molecule has 2 heterocycles. The first kappa shape index (κ1) is 23.6. The zero-order valence-electron chi connectivity index (χ0n) is 19.4. The number of imide groups is 1. The van der Waals surface area contributed by atoms with Gasteiger partial charge in [0.1, 0.15) is 22.8 Å². The van der Waals surface area contributed by atoms with Crippen LogP contribution in [0.5, 0.6) is 17.2 Å². The van der Waals surface area contributed by atoms with Gasteiger partial charge in [0.2, 0.25) is 11.8 Å². The minimum Gasteiger partial charge on any atom is -0.507 e. The molecular formula is C25H28N2O7. The average molecular weight is 469 g/mol. The SMILES string of the molecule is COc1ccc(N2C(=O)[C@H]3[C@@H](C2=O)[C@@](CC(C)C)(C(=O)O)N[C@H]3c2ccc(OC)cc2O)cc1. The van der Waals surface area contributed by atoms with Gasteiger partial charge in [0.15, 0.2) is 0 Å². The van der Waals surface area contributed by atoms with Crippen LogP contribution in [0.3, 0.4) is 0 Å². The fourth-order valence-electron chi connectivity index (χ4n) is 5.28. The van der Waals surface area contributed by atoms with Crippen molar-refractivity contribution in [2.75, 3.05) is 19.1 Å². The molecule has 2 fully saturated rings. The maximum atomic E-state index is 13.7. The summed E-state index contributed by atoms with van der Waals surface area (Å²) in [5.74, 6) is -3.70. The zero-order valence-corrected chi connectivity index (χ0v) is 19.4. The third-order valence-electron chi connectivity index (χ3n) is 6.67. The van der Waals surface area contributed by atoms with Crippen LogP contribution in [0, 0.1) is 17.8 Å². The van der Waals surface area contributed by atoms with E-state index < -0.39 is 41.2 Å². The summed E-state index contributed by atoms with van der Waals surface area (Å²) in [6, 6.07) is 10.2. The molecule has 2 aromatic carbocycles. The van der Waals surface area contributed by atoms with E-state index in [1.807, 2.05) is 13.8 Å². The molecule has 2 aromatic rings. The summed E-state index contributed by atoms with van der Waals surface area (Å²) in [7, 11) is 2.97. The Balaban J connectivity index is 1.85. The van der Waals surface area contributed by atoms with Gasteiger partial charge in [-0.1, -0.05) is 19.9 Å². The van der Waals surface area contributed by atoms with Crippen molar-refractivity contribution in [1.82, 2.24) is 5.32 Å². The number of hydrogen-bond donors (Lipinski definition) is 3. The molecule has 4 atom stereocenters. The number of carboxylic acids is 1. The van der Waals surface area contributed by atoms with Crippen molar-refractivity contribution in [3.8, 4) is 17.2 Å². The second kappa shape index (κ2) is 8.64. The van der Waals surface area contributed by atoms with Crippen molar-refractivity contribution >= 4 is 23.5 Å². The molecule has 3 N–H and O–H groups in total. The highest BCUT2D eigenvalue weighted by Crippen LogP contribution is 2.53. The van der Waals surface area contributed by atoms with Crippen LogP contribution in [-0.2, 0) is 14.4 Å². The van der Waals surface area contributed by atoms with E-state index in [1.165, 1.54) is 20.3 Å². The second-order valence-electron chi connectivity index (χ2n) is 9.13. The monoisotopic (exact) mass is 468 g/mol. The summed E-state index contributed by atoms with van der Waals surface area (Å²) in [5, 5.41) is 24.2. The predicted octanol–water partition coefficient (Wildman–Crippen LogP) is 2.73. The summed E-state index contributed by atoms with van der Waals surface area (Å²) in [4.78, 5) is 41.2. The van der Waals surface area contributed by atoms with Crippen molar-refractivity contribution in [3.05, 3.63) is 48.0 Å². The van der Waals surface area contributed by atoms with Crippen molar-refractivity contribution in [2.45, 2.75) is 31.8 Å². The first-order valence-corrected chi connectivity index (χ1v) is 11.0. The Morgan fingerprint density at radius 3 is 2.21 bits per heavy atom. The normalized spacial score (nSPS) is 26.1. The summed E-state index contributed by atoms with van der Waals surface area (Å²) in [6.07, 6.45) is 0.131. The number of nitrogens with one attached hydrogen (secondary N) is 1. The molecule has 0 radical (unpaired) electrons. The minimum atomic E-state index is -1.68. The summed E-state index contributed by atoms with van der Waals surface area (Å²) in [6.45, 7) is 3.73. The lowest BCUT2D eigenvalue weighted by molar-refractivity contribution is -0.149. The van der Waals surface area contributed by atoms with Gasteiger partial charge in [-0.25, -0.2) is 4.90 Å². The number of carbonyl (C=O) groups excluding carboxylic acids is 2. The molecule has 0 unspecified atom stereocenters. The lowest BCUT2D eigenvalue weighted by Gasteiger charge is -2.32. The van der Waals surface area contributed by atoms with E-state index >= 15 is 0 Å². The van der Waals surface area contributed by atoms with E-state index in [0.717, 1.165) is 4.90 Å². The Labute approximate surface area is 197 Å². The van der Waals surface area contributed by atoms with Gasteiger partial charge in [-0.05, 0) is 42.7 Å². The number of ether oxygens (including phenoxy) is 2. The topological polar surface area (TPSA) is 125 Å². The van der Waals surface area contributed by atoms with Crippen LogP contribution in [0.15, 0.2) is 42.5 Å². The highest BCUT2D eigenvalue weighted by molar-refractivity contribution is 6.24. The van der Waals surface area contributed by atoms with E-state index in [4.69, 9.17) is 9.47 Å². The third kappa shape index (κ3) is 3.56. The van der Waals surface area contributed by atoms with E-state index in [9.17, 15) is 24.6 Å². The smallest absolute Gasteiger partial charge is 0.324 e. The molecule has 34 heavy (non-hydrogen) atoms. The Bertz CT molecular complexity index is 1130. The van der Waals surface area contributed by atoms with Crippen molar-refractivity contribution < 1.29 is 34.1 Å². The molecule has 0 saturated carbocycles. The van der Waals surface area contributed by atoms with Gasteiger partial charge in [0, 0.05) is 17.7 Å². The van der Waals surface area contributed by atoms with Crippen molar-refractivity contribution in [2.24, 2.45) is 17.8 Å². The number of methoxy groups -OCH3 is 2. The molecule has 2 aliphatic rings. The fraction of sp³-hybridized carbons (Fsp3) is 0.400. The molecular weight excluding hydrogens is 440 g/mol. The highest BCUT2D eigenvalue weighted by Gasteiger charge is 2.68. The van der Waals surface area contributed by atoms with E-state index in [0.29, 0.717) is 22.7 Å². The van der Waals surface area contributed by atoms with E-state index in [-0.39, 0.29) is 18.1 Å². The van der Waals surface area contributed by atoms with Gasteiger partial charge >= 0.3 is 5.97 Å². The van der Waals surface area contributed by atoms with Crippen LogP contribution < -0.4 is 19.7 Å². The number of fused-ring (bicyclic) bond motifs is 1. The van der Waals surface area contributed by atoms with Crippen LogP contribution in [0.4, 0.5) is 5.69 Å². The maximum absolute atomic E-state index is 13.7. The Morgan fingerprint density at radius 1 is 1.06 bits per heavy atom. The average Bonchev–Trinajstić information content (AvgIpc) is 3.27. The van der Waals surface area contributed by atoms with Crippen LogP contribution >= 0.6 is 0 Å². The van der Waals surface area contributed by atoms with Gasteiger partial charge in [-0.15, -0.1) is 0 Å². The number of hydrogen-bond acceptors (Lipinski definition) is 7. The summed E-state index contributed by atoms with van der Waals surface area (Å²) < 4.78 is 10.3. The standard InChI is InChI=1S/C25H28N2O7/c1-13(2)12-25(24(31)32)20-19(21(26-25)17-10-9-16(34-4)11-18(17)28)22(29)27(23(20)30)14-5-7-15(33-3)8-6-14/h5-11,13,19-21,26,28H,12H2,1-4H3,(H,31,32)/t19-,20-,21-,25-/m0/s1. The molecule has 9 nitrogen and oxygen atoms in total. The van der Waals surface area contributed by atoms with Gasteiger partial charge < -0.3 is 19.7 Å². The van der Waals surface area contributed by atoms with Gasteiger partial charge in [0.25, 0.3) is 0 Å². The number of anilines is 1. The van der Waals surface area contributed by atoms with Crippen molar-refractivity contribution in [1.29, 1.82) is 0 Å². The molecule has 0 aliphatic carbocycles. The largest absolute Gasteiger partial charge is 0.507 e. The van der Waals surface area contributed by atoms with Gasteiger partial charge in [-0.2, -0.15) is 0 Å². The number of carbonyl (C=O) groups is 3. The second-order valence-corrected chi connectivity index (χ2v) is 9.13. The zero-order chi connectivity index (χ0) is 24.8. The number of phenols is 1. The minimum absolute atomic E-state index is 0.0783. The fourth-order valence-corrected chi connectivity index (χ4v) is 5.28. The lowest BCUT2D eigenvalue weighted by Crippen LogP contribution is -2.56. The lowest BCUT2D eigenvalue weighted by atomic mass is 9.75. The molecule has 9 heteroatoms. The molecule has 0 spiro atoms. The molecule has 2 aliphatic heterocycles. The van der Waals surface area contributed by atoms with E-state index in [1.54, 1.807) is 36.4 Å². The van der Waals surface area contributed by atoms with Gasteiger partial charge in [-0.3, -0.25) is 19.7 Å². The number of nitrogens with zero attached hydrogens (tertiary/aromatic N) is 1. The summed E-state index contributed by atoms with van der Waals surface area (Å²) >= 11 is 0. The van der Waals surface area contributed by atoms with Crippen LogP contribution in [0.1, 0.15) is 31.9 Å². The first-order valence-electron chi connectivity index (χ1n) is 11.0. The quantitative estimate of drug-likeness (QED) is 0.530. The molecule has 0 bridgehead atoms. The van der Waals surface area contributed by atoms with Crippen LogP contribution in [0.25, 0.3) is 0 Å².